The zero-order valence-electron chi connectivity index (χ0n) is 9.68. The lowest BCUT2D eigenvalue weighted by molar-refractivity contribution is 0.274. The van der Waals surface area contributed by atoms with E-state index in [0.29, 0.717) is 0 Å². The molecule has 2 nitrogen and oxygen atoms in total. The van der Waals surface area contributed by atoms with Crippen LogP contribution in [-0.2, 0) is 0 Å². The fourth-order valence-corrected chi connectivity index (χ4v) is 2.04. The topological polar surface area (TPSA) is 29.3 Å². The van der Waals surface area contributed by atoms with E-state index in [1.165, 1.54) is 18.4 Å². The van der Waals surface area contributed by atoms with E-state index in [-0.39, 0.29) is 6.04 Å². The predicted octanol–water partition coefficient (Wildman–Crippen LogP) is 2.34. The first-order chi connectivity index (χ1) is 7.81. The Balaban J connectivity index is 1.94. The van der Waals surface area contributed by atoms with E-state index in [1.807, 2.05) is 24.3 Å². The van der Waals surface area contributed by atoms with Crippen molar-refractivity contribution in [2.45, 2.75) is 24.9 Å². The average Bonchev–Trinajstić information content (AvgIpc) is 3.13. The van der Waals surface area contributed by atoms with Gasteiger partial charge in [0.05, 0.1) is 0 Å². The Morgan fingerprint density at radius 3 is 2.62 bits per heavy atom. The summed E-state index contributed by atoms with van der Waals surface area (Å²) >= 11 is 0. The number of hydrogen-bond acceptors (Lipinski definition) is 2. The lowest BCUT2D eigenvalue weighted by Gasteiger charge is -2.24. The molecule has 0 amide bonds. The average molecular weight is 216 g/mol. The molecule has 2 rings (SSSR count). The molecule has 2 N–H and O–H groups in total. The van der Waals surface area contributed by atoms with E-state index >= 15 is 0 Å². The maximum atomic E-state index is 6.22. The van der Waals surface area contributed by atoms with Crippen molar-refractivity contribution in [1.29, 1.82) is 0 Å². The summed E-state index contributed by atoms with van der Waals surface area (Å²) in [6.07, 6.45) is 4.60. The van der Waals surface area contributed by atoms with Crippen LogP contribution >= 0.6 is 0 Å². The number of nitrogens with two attached hydrogens (primary N) is 1. The SMILES string of the molecule is C=CCN(CC(N)c1ccccc1)C1CC1. The van der Waals surface area contributed by atoms with Gasteiger partial charge < -0.3 is 5.73 Å². The third kappa shape index (κ3) is 2.94. The summed E-state index contributed by atoms with van der Waals surface area (Å²) in [5.41, 5.74) is 7.44. The summed E-state index contributed by atoms with van der Waals surface area (Å²) in [5.74, 6) is 0. The Labute approximate surface area is 97.8 Å². The number of nitrogens with zero attached hydrogens (tertiary/aromatic N) is 1. The Kier molecular flexibility index (Phi) is 3.75. The smallest absolute Gasteiger partial charge is 0.0424 e. The number of hydrogen-bond donors (Lipinski definition) is 1. The predicted molar refractivity (Wildman–Crippen MR) is 68.2 cm³/mol. The van der Waals surface area contributed by atoms with E-state index < -0.39 is 0 Å². The van der Waals surface area contributed by atoms with Gasteiger partial charge in [-0.1, -0.05) is 36.4 Å². The van der Waals surface area contributed by atoms with Crippen LogP contribution in [0.1, 0.15) is 24.4 Å². The maximum Gasteiger partial charge on any atom is 0.0424 e. The second kappa shape index (κ2) is 5.28. The monoisotopic (exact) mass is 216 g/mol. The fourth-order valence-electron chi connectivity index (χ4n) is 2.04. The Morgan fingerprint density at radius 1 is 1.38 bits per heavy atom. The molecular formula is C14H20N2. The number of benzene rings is 1. The molecule has 1 fully saturated rings. The third-order valence-electron chi connectivity index (χ3n) is 3.09. The van der Waals surface area contributed by atoms with Gasteiger partial charge in [0.15, 0.2) is 0 Å². The van der Waals surface area contributed by atoms with Gasteiger partial charge in [-0.2, -0.15) is 0 Å². The van der Waals surface area contributed by atoms with Crippen molar-refractivity contribution in [3.63, 3.8) is 0 Å². The molecule has 0 radical (unpaired) electrons. The van der Waals surface area contributed by atoms with Crippen LogP contribution in [0.15, 0.2) is 43.0 Å². The minimum Gasteiger partial charge on any atom is -0.323 e. The van der Waals surface area contributed by atoms with Gasteiger partial charge in [-0.05, 0) is 18.4 Å². The first-order valence-electron chi connectivity index (χ1n) is 5.96. The molecule has 0 saturated heterocycles. The van der Waals surface area contributed by atoms with E-state index in [4.69, 9.17) is 5.73 Å². The lowest BCUT2D eigenvalue weighted by atomic mass is 10.1. The van der Waals surface area contributed by atoms with Crippen LogP contribution in [0, 0.1) is 0 Å². The highest BCUT2D eigenvalue weighted by Crippen LogP contribution is 2.28. The molecule has 0 heterocycles. The molecule has 1 atom stereocenters. The van der Waals surface area contributed by atoms with Crippen LogP contribution in [0.3, 0.4) is 0 Å². The zero-order chi connectivity index (χ0) is 11.4. The molecule has 1 saturated carbocycles. The molecule has 1 aliphatic rings. The highest BCUT2D eigenvalue weighted by molar-refractivity contribution is 5.18. The lowest BCUT2D eigenvalue weighted by Crippen LogP contribution is -2.34. The van der Waals surface area contributed by atoms with Gasteiger partial charge in [-0.3, -0.25) is 4.90 Å². The van der Waals surface area contributed by atoms with Crippen LogP contribution < -0.4 is 5.73 Å². The molecule has 86 valence electrons. The van der Waals surface area contributed by atoms with Crippen molar-refractivity contribution in [2.75, 3.05) is 13.1 Å². The molecule has 0 bridgehead atoms. The molecule has 0 aromatic heterocycles. The molecule has 16 heavy (non-hydrogen) atoms. The van der Waals surface area contributed by atoms with Crippen LogP contribution in [-0.4, -0.2) is 24.0 Å². The summed E-state index contributed by atoms with van der Waals surface area (Å²) in [6.45, 7) is 5.69. The fraction of sp³-hybridized carbons (Fsp3) is 0.429. The molecule has 1 unspecified atom stereocenters. The second-order valence-corrected chi connectivity index (χ2v) is 4.49. The highest BCUT2D eigenvalue weighted by Gasteiger charge is 2.29. The van der Waals surface area contributed by atoms with Crippen LogP contribution in [0.4, 0.5) is 0 Å². The van der Waals surface area contributed by atoms with Crippen molar-refractivity contribution >= 4 is 0 Å². The molecule has 1 aromatic carbocycles. The Bertz CT molecular complexity index is 330. The third-order valence-corrected chi connectivity index (χ3v) is 3.09. The molecule has 2 heteroatoms. The maximum absolute atomic E-state index is 6.22. The van der Waals surface area contributed by atoms with E-state index in [1.54, 1.807) is 0 Å². The van der Waals surface area contributed by atoms with Crippen molar-refractivity contribution in [2.24, 2.45) is 5.73 Å². The van der Waals surface area contributed by atoms with E-state index in [9.17, 15) is 0 Å². The van der Waals surface area contributed by atoms with Gasteiger partial charge in [0.1, 0.15) is 0 Å². The standard InChI is InChI=1S/C14H20N2/c1-2-10-16(13-8-9-13)11-14(15)12-6-4-3-5-7-12/h2-7,13-14H,1,8-11,15H2. The molecular weight excluding hydrogens is 196 g/mol. The summed E-state index contributed by atoms with van der Waals surface area (Å²) in [7, 11) is 0. The Morgan fingerprint density at radius 2 is 2.06 bits per heavy atom. The minimum absolute atomic E-state index is 0.113. The van der Waals surface area contributed by atoms with Gasteiger partial charge in [0.25, 0.3) is 0 Å². The van der Waals surface area contributed by atoms with Crippen molar-refractivity contribution in [3.8, 4) is 0 Å². The quantitative estimate of drug-likeness (QED) is 0.740. The largest absolute Gasteiger partial charge is 0.323 e. The normalized spacial score (nSPS) is 17.4. The highest BCUT2D eigenvalue weighted by atomic mass is 15.2. The molecule has 1 aromatic rings. The summed E-state index contributed by atoms with van der Waals surface area (Å²) in [6, 6.07) is 11.2. The van der Waals surface area contributed by atoms with E-state index in [2.05, 4.69) is 23.6 Å². The van der Waals surface area contributed by atoms with Crippen LogP contribution in [0.25, 0.3) is 0 Å². The number of rotatable bonds is 6. The molecule has 0 spiro atoms. The van der Waals surface area contributed by atoms with Gasteiger partial charge in [-0.15, -0.1) is 6.58 Å². The van der Waals surface area contributed by atoms with Gasteiger partial charge in [0.2, 0.25) is 0 Å². The molecule has 1 aliphatic carbocycles. The Hall–Kier alpha value is -1.12. The summed E-state index contributed by atoms with van der Waals surface area (Å²) < 4.78 is 0. The first-order valence-corrected chi connectivity index (χ1v) is 5.96. The second-order valence-electron chi connectivity index (χ2n) is 4.49. The van der Waals surface area contributed by atoms with Gasteiger partial charge in [0, 0.05) is 25.2 Å². The van der Waals surface area contributed by atoms with Crippen LogP contribution in [0.2, 0.25) is 0 Å². The summed E-state index contributed by atoms with van der Waals surface area (Å²) in [5, 5.41) is 0. The van der Waals surface area contributed by atoms with Gasteiger partial charge >= 0.3 is 0 Å². The zero-order valence-corrected chi connectivity index (χ0v) is 9.68. The van der Waals surface area contributed by atoms with Crippen LogP contribution in [0.5, 0.6) is 0 Å². The van der Waals surface area contributed by atoms with Gasteiger partial charge in [-0.25, -0.2) is 0 Å². The van der Waals surface area contributed by atoms with Crippen molar-refractivity contribution in [3.05, 3.63) is 48.6 Å². The first kappa shape index (κ1) is 11.4. The van der Waals surface area contributed by atoms with Crippen molar-refractivity contribution < 1.29 is 0 Å². The molecule has 0 aliphatic heterocycles. The van der Waals surface area contributed by atoms with Crippen molar-refractivity contribution in [1.82, 2.24) is 4.90 Å². The van der Waals surface area contributed by atoms with E-state index in [0.717, 1.165) is 19.1 Å². The minimum atomic E-state index is 0.113. The summed E-state index contributed by atoms with van der Waals surface area (Å²) in [4.78, 5) is 2.44.